The standard InChI is InChI=1S/C24H24FNO4S.Na/c1-13-10-20-24(31-13)22(14-4-6-16(25)7-5-14)19(23(26-20)15-2-3-15)9-8-17(27)11-18(28)12-21(29)30;/h4-10,15,17-18,27-28H,2-3,11-12H2,1H3,(H,29,30);/q;+1/p-1/b9-8+;/t17-,18-;/m1./s1. The van der Waals surface area contributed by atoms with Crippen LogP contribution >= 0.6 is 11.3 Å². The van der Waals surface area contributed by atoms with Gasteiger partial charge in [-0.15, -0.1) is 11.3 Å². The smallest absolute Gasteiger partial charge is 0.550 e. The number of aliphatic hydroxyl groups excluding tert-OH is 2. The summed E-state index contributed by atoms with van der Waals surface area (Å²) in [6, 6.07) is 8.40. The third-order valence-corrected chi connectivity index (χ3v) is 6.40. The molecular formula is C24H23FNNaO4S. The van der Waals surface area contributed by atoms with Gasteiger partial charge in [-0.25, -0.2) is 4.39 Å². The minimum absolute atomic E-state index is 0. The third-order valence-electron chi connectivity index (χ3n) is 5.35. The van der Waals surface area contributed by atoms with E-state index in [2.05, 4.69) is 6.07 Å². The molecule has 2 aromatic heterocycles. The average Bonchev–Trinajstić information content (AvgIpc) is 3.46. The van der Waals surface area contributed by atoms with E-state index in [1.807, 2.05) is 6.92 Å². The van der Waals surface area contributed by atoms with Gasteiger partial charge in [-0.3, -0.25) is 4.98 Å². The Balaban J connectivity index is 0.00000289. The van der Waals surface area contributed by atoms with Crippen molar-refractivity contribution in [3.05, 3.63) is 58.4 Å². The third kappa shape index (κ3) is 5.84. The second kappa shape index (κ2) is 10.5. The van der Waals surface area contributed by atoms with Crippen LogP contribution in [-0.2, 0) is 4.79 Å². The molecule has 0 unspecified atom stereocenters. The Bertz CT molecular complexity index is 1140. The second-order valence-electron chi connectivity index (χ2n) is 8.03. The minimum atomic E-state index is -1.36. The number of hydrogen-bond donors (Lipinski definition) is 2. The van der Waals surface area contributed by atoms with E-state index in [0.717, 1.165) is 50.3 Å². The number of carboxylic acids is 1. The number of rotatable bonds is 8. The number of carbonyl (C=O) groups excluding carboxylic acids is 1. The maximum atomic E-state index is 13.6. The Morgan fingerprint density at radius 2 is 2.00 bits per heavy atom. The number of thiophene rings is 1. The molecule has 4 rings (SSSR count). The van der Waals surface area contributed by atoms with E-state index in [1.54, 1.807) is 35.6 Å². The Morgan fingerprint density at radius 3 is 2.62 bits per heavy atom. The van der Waals surface area contributed by atoms with Gasteiger partial charge < -0.3 is 20.1 Å². The molecule has 0 saturated heterocycles. The van der Waals surface area contributed by atoms with Crippen molar-refractivity contribution in [2.45, 2.75) is 50.7 Å². The van der Waals surface area contributed by atoms with Crippen LogP contribution in [0.4, 0.5) is 4.39 Å². The summed E-state index contributed by atoms with van der Waals surface area (Å²) in [6.07, 6.45) is 2.58. The molecule has 1 fully saturated rings. The number of carboxylic acid groups (broad SMARTS) is 1. The van der Waals surface area contributed by atoms with Gasteiger partial charge in [0.05, 0.1) is 28.1 Å². The first-order valence-corrected chi connectivity index (χ1v) is 11.1. The van der Waals surface area contributed by atoms with Crippen molar-refractivity contribution < 1.29 is 54.1 Å². The van der Waals surface area contributed by atoms with Gasteiger partial charge in [0, 0.05) is 40.7 Å². The predicted octanol–water partition coefficient (Wildman–Crippen LogP) is 0.557. The quantitative estimate of drug-likeness (QED) is 0.476. The molecule has 5 nitrogen and oxygen atoms in total. The van der Waals surface area contributed by atoms with Crippen LogP contribution in [-0.4, -0.2) is 33.4 Å². The summed E-state index contributed by atoms with van der Waals surface area (Å²) >= 11 is 1.62. The molecule has 0 aliphatic heterocycles. The van der Waals surface area contributed by atoms with Gasteiger partial charge >= 0.3 is 29.6 Å². The van der Waals surface area contributed by atoms with Crippen molar-refractivity contribution in [3.8, 4) is 11.1 Å². The zero-order valence-electron chi connectivity index (χ0n) is 18.0. The van der Waals surface area contributed by atoms with Gasteiger partial charge in [-0.2, -0.15) is 0 Å². The summed E-state index contributed by atoms with van der Waals surface area (Å²) in [4.78, 5) is 16.7. The maximum Gasteiger partial charge on any atom is 1.00 e. The summed E-state index contributed by atoms with van der Waals surface area (Å²) in [6.45, 7) is 2.02. The summed E-state index contributed by atoms with van der Waals surface area (Å²) in [5, 5.41) is 30.8. The van der Waals surface area contributed by atoms with Crippen LogP contribution in [0.2, 0.25) is 0 Å². The average molecular weight is 464 g/mol. The van der Waals surface area contributed by atoms with Crippen molar-refractivity contribution in [2.24, 2.45) is 0 Å². The molecule has 1 aliphatic carbocycles. The fourth-order valence-electron chi connectivity index (χ4n) is 3.78. The van der Waals surface area contributed by atoms with Crippen LogP contribution in [0, 0.1) is 12.7 Å². The molecule has 0 radical (unpaired) electrons. The van der Waals surface area contributed by atoms with Crippen LogP contribution < -0.4 is 34.7 Å². The van der Waals surface area contributed by atoms with E-state index < -0.39 is 24.6 Å². The number of nitrogens with zero attached hydrogens (tertiary/aromatic N) is 1. The fraction of sp³-hybridized carbons (Fsp3) is 0.333. The van der Waals surface area contributed by atoms with Crippen molar-refractivity contribution >= 4 is 33.6 Å². The van der Waals surface area contributed by atoms with Crippen LogP contribution in [0.3, 0.4) is 0 Å². The number of aliphatic carboxylic acids is 1. The monoisotopic (exact) mass is 463 g/mol. The van der Waals surface area contributed by atoms with Crippen LogP contribution in [0.15, 0.2) is 36.4 Å². The largest absolute Gasteiger partial charge is 1.00 e. The van der Waals surface area contributed by atoms with E-state index in [4.69, 9.17) is 4.98 Å². The summed E-state index contributed by atoms with van der Waals surface area (Å²) in [5.41, 5.74) is 4.54. The van der Waals surface area contributed by atoms with Crippen molar-refractivity contribution in [3.63, 3.8) is 0 Å². The predicted molar refractivity (Wildman–Crippen MR) is 117 cm³/mol. The number of aliphatic hydroxyl groups is 2. The summed E-state index contributed by atoms with van der Waals surface area (Å²) in [5.74, 6) is -1.33. The van der Waals surface area contributed by atoms with Gasteiger partial charge in [-0.1, -0.05) is 24.3 Å². The van der Waals surface area contributed by atoms with Crippen LogP contribution in [0.1, 0.15) is 47.7 Å². The molecular weight excluding hydrogens is 440 g/mol. The Labute approximate surface area is 211 Å². The van der Waals surface area contributed by atoms with Crippen LogP contribution in [0.25, 0.3) is 27.4 Å². The fourth-order valence-corrected chi connectivity index (χ4v) is 4.82. The molecule has 32 heavy (non-hydrogen) atoms. The molecule has 2 heterocycles. The van der Waals surface area contributed by atoms with Gasteiger partial charge in [0.25, 0.3) is 0 Å². The molecule has 0 bridgehead atoms. The zero-order chi connectivity index (χ0) is 22.1. The van der Waals surface area contributed by atoms with E-state index in [1.165, 1.54) is 12.1 Å². The van der Waals surface area contributed by atoms with Gasteiger partial charge in [-0.05, 0) is 43.5 Å². The number of aryl methyl sites for hydroxylation is 1. The van der Waals surface area contributed by atoms with Gasteiger partial charge in [0.15, 0.2) is 0 Å². The molecule has 2 atom stereocenters. The first-order valence-electron chi connectivity index (χ1n) is 10.3. The van der Waals surface area contributed by atoms with E-state index >= 15 is 0 Å². The Hall–Kier alpha value is -1.61. The first-order chi connectivity index (χ1) is 14.8. The molecule has 1 aliphatic rings. The number of halogens is 1. The molecule has 162 valence electrons. The van der Waals surface area contributed by atoms with E-state index in [-0.39, 0.29) is 41.8 Å². The number of hydrogen-bond acceptors (Lipinski definition) is 6. The molecule has 0 spiro atoms. The molecule has 3 aromatic rings. The van der Waals surface area contributed by atoms with E-state index in [9.17, 15) is 24.5 Å². The van der Waals surface area contributed by atoms with Crippen molar-refractivity contribution in [1.29, 1.82) is 0 Å². The molecule has 0 amide bonds. The SMILES string of the molecule is Cc1cc2nc(C3CC3)c(/C=C/[C@@H](O)C[C@@H](O)CC(=O)[O-])c(-c3ccc(F)cc3)c2s1.[Na+]. The van der Waals surface area contributed by atoms with Crippen LogP contribution in [0.5, 0.6) is 0 Å². The second-order valence-corrected chi connectivity index (χ2v) is 9.29. The summed E-state index contributed by atoms with van der Waals surface area (Å²) < 4.78 is 14.6. The number of aromatic nitrogens is 1. The van der Waals surface area contributed by atoms with Crippen molar-refractivity contribution in [1.82, 2.24) is 4.98 Å². The maximum absolute atomic E-state index is 13.6. The minimum Gasteiger partial charge on any atom is -0.550 e. The topological polar surface area (TPSA) is 93.5 Å². The molecule has 1 aromatic carbocycles. The molecule has 8 heteroatoms. The number of fused-ring (bicyclic) bond motifs is 1. The summed E-state index contributed by atoms with van der Waals surface area (Å²) in [7, 11) is 0. The van der Waals surface area contributed by atoms with Gasteiger partial charge in [0.2, 0.25) is 0 Å². The Kier molecular flexibility index (Phi) is 8.25. The molecule has 1 saturated carbocycles. The van der Waals surface area contributed by atoms with Gasteiger partial charge in [0.1, 0.15) is 5.82 Å². The molecule has 2 N–H and O–H groups in total. The van der Waals surface area contributed by atoms with Crippen molar-refractivity contribution in [2.75, 3.05) is 0 Å². The van der Waals surface area contributed by atoms with E-state index in [0.29, 0.717) is 5.92 Å². The Morgan fingerprint density at radius 1 is 1.31 bits per heavy atom. The first kappa shape index (κ1) is 25.0. The normalized spacial score (nSPS) is 15.6. The number of carbonyl (C=O) groups is 1. The number of pyridine rings is 1. The number of benzene rings is 1. The zero-order valence-corrected chi connectivity index (χ0v) is 20.9.